The van der Waals surface area contributed by atoms with E-state index in [2.05, 4.69) is 5.32 Å². The smallest absolute Gasteiger partial charge is 0.419 e. The zero-order chi connectivity index (χ0) is 25.4. The second-order valence-electron chi connectivity index (χ2n) is 8.74. The molecule has 4 rings (SSSR count). The van der Waals surface area contributed by atoms with E-state index >= 15 is 0 Å². The highest BCUT2D eigenvalue weighted by atomic mass is 19.4. The number of amides is 2. The van der Waals surface area contributed by atoms with Gasteiger partial charge in [-0.2, -0.15) is 13.2 Å². The molecular formula is C24H23F3N2O6. The lowest BCUT2D eigenvalue weighted by Gasteiger charge is -2.30. The van der Waals surface area contributed by atoms with Gasteiger partial charge in [-0.1, -0.05) is 48.5 Å². The first kappa shape index (κ1) is 24.5. The van der Waals surface area contributed by atoms with Crippen molar-refractivity contribution in [1.82, 2.24) is 10.6 Å². The fourth-order valence-corrected chi connectivity index (χ4v) is 4.46. The van der Waals surface area contributed by atoms with Gasteiger partial charge in [0, 0.05) is 5.92 Å². The monoisotopic (exact) mass is 492 g/mol. The van der Waals surface area contributed by atoms with Crippen LogP contribution in [0, 0.1) is 5.41 Å². The van der Waals surface area contributed by atoms with Crippen LogP contribution in [0.3, 0.4) is 0 Å². The van der Waals surface area contributed by atoms with Crippen molar-refractivity contribution in [1.29, 1.82) is 0 Å². The minimum Gasteiger partial charge on any atom is -0.479 e. The van der Waals surface area contributed by atoms with E-state index in [-0.39, 0.29) is 25.7 Å². The number of ether oxygens (including phenoxy) is 2. The predicted molar refractivity (Wildman–Crippen MR) is 117 cm³/mol. The van der Waals surface area contributed by atoms with Crippen molar-refractivity contribution in [2.45, 2.75) is 31.1 Å². The fraction of sp³-hybridized carbons (Fsp3) is 0.375. The summed E-state index contributed by atoms with van der Waals surface area (Å²) < 4.78 is 49.6. The minimum atomic E-state index is -5.19. The standard InChI is InChI=1S/C24H23F3N2O6/c1-23(21(32)29-19(20(30)31)24(25,26)27)12-34-11-18(23)28-22(33)35-10-17-15-8-4-2-6-13(15)14-7-3-5-9-16(14)17/h2-9,17-19H,10-12H2,1H3,(H,28,33)(H,29,32)(H,30,31). The third kappa shape index (κ3) is 4.68. The van der Waals surface area contributed by atoms with E-state index in [1.54, 1.807) is 0 Å². The number of alkyl halides is 3. The summed E-state index contributed by atoms with van der Waals surface area (Å²) in [7, 11) is 0. The number of nitrogens with one attached hydrogen (secondary N) is 2. The Hall–Kier alpha value is -3.60. The highest BCUT2D eigenvalue weighted by Gasteiger charge is 2.52. The lowest BCUT2D eigenvalue weighted by molar-refractivity contribution is -0.183. The number of benzene rings is 2. The summed E-state index contributed by atoms with van der Waals surface area (Å²) in [5.41, 5.74) is 2.46. The first-order chi connectivity index (χ1) is 16.5. The molecule has 3 N–H and O–H groups in total. The van der Waals surface area contributed by atoms with Crippen LogP contribution in [-0.4, -0.2) is 61.2 Å². The van der Waals surface area contributed by atoms with Gasteiger partial charge in [-0.15, -0.1) is 0 Å². The Kier molecular flexibility index (Phi) is 6.46. The van der Waals surface area contributed by atoms with Crippen LogP contribution in [0.1, 0.15) is 24.0 Å². The Balaban J connectivity index is 1.42. The molecule has 0 radical (unpaired) electrons. The molecule has 3 unspecified atom stereocenters. The van der Waals surface area contributed by atoms with E-state index < -0.39 is 41.6 Å². The van der Waals surface area contributed by atoms with Gasteiger partial charge in [0.25, 0.3) is 0 Å². The molecular weight excluding hydrogens is 469 g/mol. The number of rotatable bonds is 6. The molecule has 11 heteroatoms. The van der Waals surface area contributed by atoms with Crippen molar-refractivity contribution in [3.63, 3.8) is 0 Å². The second-order valence-corrected chi connectivity index (χ2v) is 8.74. The molecule has 2 amide bonds. The van der Waals surface area contributed by atoms with Crippen LogP contribution in [0.4, 0.5) is 18.0 Å². The molecule has 1 aliphatic carbocycles. The van der Waals surface area contributed by atoms with Crippen LogP contribution < -0.4 is 10.6 Å². The number of carbonyl (C=O) groups excluding carboxylic acids is 2. The fourth-order valence-electron chi connectivity index (χ4n) is 4.46. The molecule has 0 spiro atoms. The van der Waals surface area contributed by atoms with Crippen LogP contribution in [0.2, 0.25) is 0 Å². The Bertz CT molecular complexity index is 1110. The van der Waals surface area contributed by atoms with E-state index in [9.17, 15) is 27.6 Å². The van der Waals surface area contributed by atoms with E-state index in [1.807, 2.05) is 48.5 Å². The first-order valence-electron chi connectivity index (χ1n) is 10.8. The lowest BCUT2D eigenvalue weighted by Crippen LogP contribution is -2.59. The van der Waals surface area contributed by atoms with E-state index in [4.69, 9.17) is 14.6 Å². The van der Waals surface area contributed by atoms with Gasteiger partial charge in [-0.25, -0.2) is 9.59 Å². The summed E-state index contributed by atoms with van der Waals surface area (Å²) >= 11 is 0. The van der Waals surface area contributed by atoms with Crippen LogP contribution in [-0.2, 0) is 19.1 Å². The SMILES string of the molecule is CC1(C(=O)NC(C(=O)O)C(F)(F)F)COCC1NC(=O)OCC1c2ccccc2-c2ccccc21. The van der Waals surface area contributed by atoms with Crippen LogP contribution in [0.5, 0.6) is 0 Å². The van der Waals surface area contributed by atoms with Gasteiger partial charge in [0.1, 0.15) is 6.61 Å². The molecule has 2 aromatic carbocycles. The summed E-state index contributed by atoms with van der Waals surface area (Å²) in [6.07, 6.45) is -6.06. The second kappa shape index (κ2) is 9.21. The van der Waals surface area contributed by atoms with Gasteiger partial charge in [0.05, 0.1) is 24.7 Å². The first-order valence-corrected chi connectivity index (χ1v) is 10.8. The molecule has 35 heavy (non-hydrogen) atoms. The number of carbonyl (C=O) groups is 3. The van der Waals surface area contributed by atoms with Gasteiger partial charge in [0.15, 0.2) is 0 Å². The molecule has 1 aliphatic heterocycles. The number of alkyl carbamates (subject to hydrolysis) is 1. The number of hydrogen-bond acceptors (Lipinski definition) is 5. The zero-order valence-corrected chi connectivity index (χ0v) is 18.6. The maximum Gasteiger partial charge on any atom is 0.419 e. The molecule has 186 valence electrons. The summed E-state index contributed by atoms with van der Waals surface area (Å²) in [4.78, 5) is 36.2. The number of hydrogen-bond donors (Lipinski definition) is 3. The Morgan fingerprint density at radius 2 is 1.69 bits per heavy atom. The third-order valence-electron chi connectivity index (χ3n) is 6.46. The van der Waals surface area contributed by atoms with Crippen LogP contribution in [0.15, 0.2) is 48.5 Å². The van der Waals surface area contributed by atoms with Gasteiger partial charge >= 0.3 is 18.2 Å². The van der Waals surface area contributed by atoms with Crippen molar-refractivity contribution in [3.8, 4) is 11.1 Å². The Morgan fingerprint density at radius 1 is 1.11 bits per heavy atom. The molecule has 1 saturated heterocycles. The Morgan fingerprint density at radius 3 is 2.23 bits per heavy atom. The lowest BCUT2D eigenvalue weighted by atomic mass is 9.84. The highest BCUT2D eigenvalue weighted by molar-refractivity contribution is 5.89. The molecule has 1 fully saturated rings. The predicted octanol–water partition coefficient (Wildman–Crippen LogP) is 3.06. The van der Waals surface area contributed by atoms with Crippen LogP contribution >= 0.6 is 0 Å². The number of halogens is 3. The van der Waals surface area contributed by atoms with Gasteiger partial charge in [0.2, 0.25) is 11.9 Å². The minimum absolute atomic E-state index is 0.00547. The van der Waals surface area contributed by atoms with Crippen molar-refractivity contribution in [2.24, 2.45) is 5.41 Å². The molecule has 8 nitrogen and oxygen atoms in total. The van der Waals surface area contributed by atoms with Gasteiger partial charge in [-0.3, -0.25) is 4.79 Å². The summed E-state index contributed by atoms with van der Waals surface area (Å²) in [6, 6.07) is 11.4. The maximum atomic E-state index is 13.0. The normalized spacial score (nSPS) is 22.1. The highest BCUT2D eigenvalue weighted by Crippen LogP contribution is 2.44. The summed E-state index contributed by atoms with van der Waals surface area (Å²) in [5, 5.41) is 12.8. The average molecular weight is 492 g/mol. The molecule has 2 aromatic rings. The number of carboxylic acids is 1. The third-order valence-corrected chi connectivity index (χ3v) is 6.46. The van der Waals surface area contributed by atoms with Crippen molar-refractivity contribution in [3.05, 3.63) is 59.7 Å². The van der Waals surface area contributed by atoms with Crippen molar-refractivity contribution >= 4 is 18.0 Å². The maximum absolute atomic E-state index is 13.0. The van der Waals surface area contributed by atoms with Gasteiger partial charge in [-0.05, 0) is 29.2 Å². The number of carboxylic acid groups (broad SMARTS) is 1. The number of fused-ring (bicyclic) bond motifs is 3. The molecule has 3 atom stereocenters. The molecule has 0 bridgehead atoms. The van der Waals surface area contributed by atoms with Crippen molar-refractivity contribution < 1.29 is 42.1 Å². The summed E-state index contributed by atoms with van der Waals surface area (Å²) in [5.74, 6) is -3.65. The largest absolute Gasteiger partial charge is 0.479 e. The van der Waals surface area contributed by atoms with Crippen LogP contribution in [0.25, 0.3) is 11.1 Å². The average Bonchev–Trinajstić information content (AvgIpc) is 3.33. The van der Waals surface area contributed by atoms with Gasteiger partial charge < -0.3 is 25.2 Å². The molecule has 0 saturated carbocycles. The topological polar surface area (TPSA) is 114 Å². The zero-order valence-electron chi connectivity index (χ0n) is 18.6. The molecule has 1 heterocycles. The quantitative estimate of drug-likeness (QED) is 0.571. The molecule has 2 aliphatic rings. The van der Waals surface area contributed by atoms with E-state index in [1.165, 1.54) is 12.2 Å². The molecule has 0 aromatic heterocycles. The number of aliphatic carboxylic acids is 1. The van der Waals surface area contributed by atoms with Crippen molar-refractivity contribution in [2.75, 3.05) is 19.8 Å². The summed E-state index contributed by atoms with van der Waals surface area (Å²) in [6.45, 7) is 0.833. The Labute approximate surface area is 198 Å². The van der Waals surface area contributed by atoms with E-state index in [0.717, 1.165) is 22.3 Å². The van der Waals surface area contributed by atoms with E-state index in [0.29, 0.717) is 0 Å².